The van der Waals surface area contributed by atoms with E-state index >= 15 is 0 Å². The minimum absolute atomic E-state index is 0.0117. The van der Waals surface area contributed by atoms with Crippen molar-refractivity contribution in [3.63, 3.8) is 0 Å². The van der Waals surface area contributed by atoms with Gasteiger partial charge >= 0.3 is 0 Å². The van der Waals surface area contributed by atoms with Gasteiger partial charge in [0.25, 0.3) is 0 Å². The van der Waals surface area contributed by atoms with E-state index in [1.807, 2.05) is 50.2 Å². The molecule has 1 atom stereocenters. The molecular formula is C20H24BrNO4. The van der Waals surface area contributed by atoms with Crippen LogP contribution in [0.15, 0.2) is 40.9 Å². The molecule has 0 aromatic heterocycles. The highest BCUT2D eigenvalue weighted by Gasteiger charge is 2.20. The lowest BCUT2D eigenvalue weighted by Gasteiger charge is -2.26. The highest BCUT2D eigenvalue weighted by Crippen LogP contribution is 2.37. The number of nitrogens with one attached hydrogen (secondary N) is 1. The van der Waals surface area contributed by atoms with Crippen molar-refractivity contribution in [2.75, 3.05) is 26.4 Å². The molecule has 0 aliphatic carbocycles. The summed E-state index contributed by atoms with van der Waals surface area (Å²) in [6, 6.07) is 11.8. The van der Waals surface area contributed by atoms with Crippen LogP contribution >= 0.6 is 15.9 Å². The molecule has 5 nitrogen and oxygen atoms in total. The van der Waals surface area contributed by atoms with Crippen molar-refractivity contribution in [2.45, 2.75) is 26.5 Å². The quantitative estimate of drug-likeness (QED) is 0.692. The number of benzene rings is 2. The zero-order valence-corrected chi connectivity index (χ0v) is 16.7. The van der Waals surface area contributed by atoms with Gasteiger partial charge in [-0.25, -0.2) is 0 Å². The summed E-state index contributed by atoms with van der Waals surface area (Å²) in [6.07, 6.45) is -0.0117. The minimum atomic E-state index is -0.0117. The molecule has 1 N–H and O–H groups in total. The Morgan fingerprint density at radius 2 is 1.88 bits per heavy atom. The number of para-hydroxylation sites is 2. The molecule has 0 amide bonds. The van der Waals surface area contributed by atoms with Gasteiger partial charge in [-0.3, -0.25) is 0 Å². The van der Waals surface area contributed by atoms with Crippen LogP contribution in [0.3, 0.4) is 0 Å². The first-order valence-electron chi connectivity index (χ1n) is 8.88. The predicted octanol–water partition coefficient (Wildman–Crippen LogP) is 4.18. The third-order valence-corrected chi connectivity index (χ3v) is 4.52. The number of hydrogen-bond acceptors (Lipinski definition) is 5. The van der Waals surface area contributed by atoms with Crippen LogP contribution in [0.4, 0.5) is 0 Å². The molecule has 0 fully saturated rings. The molecule has 1 aliphatic rings. The summed E-state index contributed by atoms with van der Waals surface area (Å²) in [7, 11) is 0. The lowest BCUT2D eigenvalue weighted by Crippen LogP contribution is -2.38. The van der Waals surface area contributed by atoms with Crippen molar-refractivity contribution in [2.24, 2.45) is 0 Å². The molecule has 26 heavy (non-hydrogen) atoms. The maximum absolute atomic E-state index is 5.97. The molecule has 0 spiro atoms. The van der Waals surface area contributed by atoms with Gasteiger partial charge in [-0.2, -0.15) is 0 Å². The zero-order valence-electron chi connectivity index (χ0n) is 15.1. The van der Waals surface area contributed by atoms with E-state index in [0.717, 1.165) is 33.0 Å². The lowest BCUT2D eigenvalue weighted by atomic mass is 10.2. The molecular weight excluding hydrogens is 398 g/mol. The van der Waals surface area contributed by atoms with Crippen molar-refractivity contribution >= 4 is 15.9 Å². The van der Waals surface area contributed by atoms with Gasteiger partial charge < -0.3 is 24.3 Å². The molecule has 0 saturated carbocycles. The Labute approximate surface area is 162 Å². The Morgan fingerprint density at radius 3 is 2.65 bits per heavy atom. The van der Waals surface area contributed by atoms with Gasteiger partial charge in [0, 0.05) is 13.1 Å². The lowest BCUT2D eigenvalue weighted by molar-refractivity contribution is 0.0902. The van der Waals surface area contributed by atoms with Gasteiger partial charge in [-0.05, 0) is 59.6 Å². The number of hydrogen-bond donors (Lipinski definition) is 1. The topological polar surface area (TPSA) is 49.0 Å². The fourth-order valence-corrected chi connectivity index (χ4v) is 3.42. The smallest absolute Gasteiger partial charge is 0.175 e. The first-order valence-corrected chi connectivity index (χ1v) is 9.67. The van der Waals surface area contributed by atoms with E-state index in [9.17, 15) is 0 Å². The van der Waals surface area contributed by atoms with Gasteiger partial charge in [0.2, 0.25) is 0 Å². The van der Waals surface area contributed by atoms with Crippen molar-refractivity contribution < 1.29 is 18.9 Å². The summed E-state index contributed by atoms with van der Waals surface area (Å²) in [5.41, 5.74) is 1.11. The Kier molecular flexibility index (Phi) is 6.63. The van der Waals surface area contributed by atoms with Crippen molar-refractivity contribution in [1.82, 2.24) is 5.32 Å². The van der Waals surface area contributed by atoms with E-state index in [1.165, 1.54) is 0 Å². The van der Waals surface area contributed by atoms with Crippen molar-refractivity contribution in [1.29, 1.82) is 0 Å². The van der Waals surface area contributed by atoms with Crippen LogP contribution in [0.2, 0.25) is 0 Å². The second-order valence-electron chi connectivity index (χ2n) is 5.90. The van der Waals surface area contributed by atoms with E-state index in [4.69, 9.17) is 18.9 Å². The zero-order chi connectivity index (χ0) is 18.4. The van der Waals surface area contributed by atoms with Crippen LogP contribution in [0.5, 0.6) is 23.0 Å². The Hall–Kier alpha value is -1.92. The Bertz CT molecular complexity index is 738. The van der Waals surface area contributed by atoms with Crippen LogP contribution in [0.1, 0.15) is 19.4 Å². The van der Waals surface area contributed by atoms with Crippen LogP contribution < -0.4 is 24.3 Å². The summed E-state index contributed by atoms with van der Waals surface area (Å²) >= 11 is 3.58. The minimum Gasteiger partial charge on any atom is -0.490 e. The first-order chi connectivity index (χ1) is 12.7. The van der Waals surface area contributed by atoms with Gasteiger partial charge in [0.05, 0.1) is 17.7 Å². The van der Waals surface area contributed by atoms with Gasteiger partial charge in [0.1, 0.15) is 12.7 Å². The standard InChI is InChI=1S/C20H24BrNO4/c1-3-23-19-10-14(9-16(21)20(19)24-4-2)11-22-12-15-13-25-17-7-5-6-8-18(17)26-15/h5-10,15,22H,3-4,11-13H2,1-2H3. The van der Waals surface area contributed by atoms with Crippen molar-refractivity contribution in [3.05, 3.63) is 46.4 Å². The third-order valence-electron chi connectivity index (χ3n) is 3.93. The molecule has 1 aliphatic heterocycles. The summed E-state index contributed by atoms with van der Waals surface area (Å²) in [5.74, 6) is 3.11. The van der Waals surface area contributed by atoms with Crippen LogP contribution in [-0.4, -0.2) is 32.5 Å². The Balaban J connectivity index is 1.58. The van der Waals surface area contributed by atoms with Crippen LogP contribution in [-0.2, 0) is 6.54 Å². The summed E-state index contributed by atoms with van der Waals surface area (Å²) in [6.45, 7) is 7.05. The van der Waals surface area contributed by atoms with E-state index in [0.29, 0.717) is 32.9 Å². The summed E-state index contributed by atoms with van der Waals surface area (Å²) in [5, 5.41) is 3.43. The average molecular weight is 422 g/mol. The second kappa shape index (κ2) is 9.14. The fraction of sp³-hybridized carbons (Fsp3) is 0.400. The molecule has 3 rings (SSSR count). The van der Waals surface area contributed by atoms with E-state index < -0.39 is 0 Å². The van der Waals surface area contributed by atoms with E-state index in [-0.39, 0.29) is 6.10 Å². The normalized spacial score (nSPS) is 15.6. The molecule has 1 heterocycles. The van der Waals surface area contributed by atoms with Gasteiger partial charge in [-0.15, -0.1) is 0 Å². The summed E-state index contributed by atoms with van der Waals surface area (Å²) in [4.78, 5) is 0. The molecule has 2 aromatic rings. The third kappa shape index (κ3) is 4.62. The molecule has 0 saturated heterocycles. The van der Waals surface area contributed by atoms with Crippen molar-refractivity contribution in [3.8, 4) is 23.0 Å². The summed E-state index contributed by atoms with van der Waals surface area (Å²) < 4.78 is 24.0. The maximum atomic E-state index is 5.97. The monoisotopic (exact) mass is 421 g/mol. The largest absolute Gasteiger partial charge is 0.490 e. The number of fused-ring (bicyclic) bond motifs is 1. The van der Waals surface area contributed by atoms with Crippen LogP contribution in [0, 0.1) is 0 Å². The van der Waals surface area contributed by atoms with E-state index in [1.54, 1.807) is 0 Å². The van der Waals surface area contributed by atoms with Gasteiger partial charge in [-0.1, -0.05) is 12.1 Å². The molecule has 0 radical (unpaired) electrons. The fourth-order valence-electron chi connectivity index (χ4n) is 2.81. The number of rotatable bonds is 8. The van der Waals surface area contributed by atoms with Gasteiger partial charge in [0.15, 0.2) is 23.0 Å². The molecule has 2 aromatic carbocycles. The maximum Gasteiger partial charge on any atom is 0.175 e. The average Bonchev–Trinajstić information content (AvgIpc) is 2.65. The number of halogens is 1. The highest BCUT2D eigenvalue weighted by atomic mass is 79.9. The predicted molar refractivity (Wildman–Crippen MR) is 105 cm³/mol. The Morgan fingerprint density at radius 1 is 1.12 bits per heavy atom. The molecule has 140 valence electrons. The van der Waals surface area contributed by atoms with Crippen LogP contribution in [0.25, 0.3) is 0 Å². The first kappa shape index (κ1) is 18.9. The molecule has 6 heteroatoms. The second-order valence-corrected chi connectivity index (χ2v) is 6.75. The highest BCUT2D eigenvalue weighted by molar-refractivity contribution is 9.10. The molecule has 0 bridgehead atoms. The van der Waals surface area contributed by atoms with E-state index in [2.05, 4.69) is 21.2 Å². The molecule has 1 unspecified atom stereocenters. The number of ether oxygens (including phenoxy) is 4. The SMILES string of the molecule is CCOc1cc(CNCC2COc3ccccc3O2)cc(Br)c1OCC.